The van der Waals surface area contributed by atoms with Gasteiger partial charge in [0.1, 0.15) is 4.34 Å². The lowest BCUT2D eigenvalue weighted by molar-refractivity contribution is 0.540. The summed E-state index contributed by atoms with van der Waals surface area (Å²) >= 11 is 12.9. The van der Waals surface area contributed by atoms with Crippen molar-refractivity contribution >= 4 is 50.6 Å². The van der Waals surface area contributed by atoms with Gasteiger partial charge in [0.25, 0.3) is 0 Å². The highest BCUT2D eigenvalue weighted by Gasteiger charge is 2.06. The zero-order chi connectivity index (χ0) is 11.3. The Labute approximate surface area is 113 Å². The fraction of sp³-hybridized carbons (Fsp3) is 0.600. The maximum absolute atomic E-state index is 5.97. The molecule has 0 aliphatic heterocycles. The highest BCUT2D eigenvalue weighted by molar-refractivity contribution is 9.10. The van der Waals surface area contributed by atoms with Gasteiger partial charge in [-0.2, -0.15) is 11.8 Å². The molecule has 0 saturated heterocycles. The van der Waals surface area contributed by atoms with E-state index in [9.17, 15) is 0 Å². The summed E-state index contributed by atoms with van der Waals surface area (Å²) in [5.74, 6) is 1.21. The predicted octanol–water partition coefficient (Wildman–Crippen LogP) is 4.40. The number of halogens is 2. The fourth-order valence-electron chi connectivity index (χ4n) is 1.15. The third-order valence-electron chi connectivity index (χ3n) is 2.08. The van der Waals surface area contributed by atoms with Crippen LogP contribution in [0.3, 0.4) is 0 Å². The van der Waals surface area contributed by atoms with Crippen LogP contribution in [0.2, 0.25) is 4.34 Å². The van der Waals surface area contributed by atoms with Gasteiger partial charge in [-0.3, -0.25) is 0 Å². The molecule has 0 aliphatic carbocycles. The molecular weight excluding hydrogens is 314 g/mol. The van der Waals surface area contributed by atoms with Gasteiger partial charge in [0.05, 0.1) is 0 Å². The molecule has 0 amide bonds. The number of thioether (sulfide) groups is 1. The molecule has 1 aromatic heterocycles. The Kier molecular flexibility index (Phi) is 6.62. The van der Waals surface area contributed by atoms with E-state index in [1.165, 1.54) is 17.1 Å². The van der Waals surface area contributed by atoms with Crippen LogP contribution >= 0.6 is 50.6 Å². The molecule has 1 aromatic rings. The summed E-state index contributed by atoms with van der Waals surface area (Å²) in [5, 5.41) is 3.49. The van der Waals surface area contributed by atoms with Crippen LogP contribution in [0.5, 0.6) is 0 Å². The molecule has 0 saturated carbocycles. The van der Waals surface area contributed by atoms with Gasteiger partial charge in [-0.05, 0) is 47.3 Å². The predicted molar refractivity (Wildman–Crippen MR) is 76.3 cm³/mol. The Morgan fingerprint density at radius 2 is 2.40 bits per heavy atom. The molecule has 1 heterocycles. The van der Waals surface area contributed by atoms with Crippen molar-refractivity contribution in [1.82, 2.24) is 5.32 Å². The average Bonchev–Trinajstić information content (AvgIpc) is 2.52. The SMILES string of the molecule is CSCCC(C)NCc1cc(Br)c(Cl)s1. The number of hydrogen-bond donors (Lipinski definition) is 1. The van der Waals surface area contributed by atoms with E-state index < -0.39 is 0 Å². The molecule has 0 radical (unpaired) electrons. The Morgan fingerprint density at radius 1 is 1.67 bits per heavy atom. The molecule has 1 atom stereocenters. The Morgan fingerprint density at radius 3 is 2.93 bits per heavy atom. The van der Waals surface area contributed by atoms with E-state index in [-0.39, 0.29) is 0 Å². The molecule has 1 N–H and O–H groups in total. The Hall–Kier alpha value is 0.780. The zero-order valence-electron chi connectivity index (χ0n) is 8.85. The summed E-state index contributed by atoms with van der Waals surface area (Å²) in [6.45, 7) is 3.13. The van der Waals surface area contributed by atoms with Crippen molar-refractivity contribution in [3.8, 4) is 0 Å². The van der Waals surface area contributed by atoms with Crippen LogP contribution < -0.4 is 5.32 Å². The molecule has 0 bridgehead atoms. The molecular formula is C10H15BrClNS2. The van der Waals surface area contributed by atoms with Gasteiger partial charge in [0.15, 0.2) is 0 Å². The van der Waals surface area contributed by atoms with Gasteiger partial charge >= 0.3 is 0 Å². The van der Waals surface area contributed by atoms with Gasteiger partial charge in [0.2, 0.25) is 0 Å². The van der Waals surface area contributed by atoms with Crippen molar-refractivity contribution in [2.45, 2.75) is 25.9 Å². The van der Waals surface area contributed by atoms with E-state index in [1.807, 2.05) is 11.8 Å². The van der Waals surface area contributed by atoms with Crippen molar-refractivity contribution in [2.75, 3.05) is 12.0 Å². The minimum atomic E-state index is 0.567. The molecule has 1 unspecified atom stereocenters. The van der Waals surface area contributed by atoms with Crippen LogP contribution in [0, 0.1) is 0 Å². The highest BCUT2D eigenvalue weighted by atomic mass is 79.9. The molecule has 1 nitrogen and oxygen atoms in total. The van der Waals surface area contributed by atoms with E-state index in [4.69, 9.17) is 11.6 Å². The summed E-state index contributed by atoms with van der Waals surface area (Å²) in [4.78, 5) is 1.28. The lowest BCUT2D eigenvalue weighted by atomic mass is 10.2. The van der Waals surface area contributed by atoms with Crippen molar-refractivity contribution < 1.29 is 0 Å². The zero-order valence-corrected chi connectivity index (χ0v) is 12.8. The van der Waals surface area contributed by atoms with Crippen molar-refractivity contribution in [3.05, 3.63) is 19.8 Å². The van der Waals surface area contributed by atoms with Gasteiger partial charge in [-0.15, -0.1) is 11.3 Å². The second-order valence-electron chi connectivity index (χ2n) is 3.40. The van der Waals surface area contributed by atoms with Crippen LogP contribution in [0.1, 0.15) is 18.2 Å². The lowest BCUT2D eigenvalue weighted by Gasteiger charge is -2.11. The van der Waals surface area contributed by atoms with E-state index in [2.05, 4.69) is 40.5 Å². The molecule has 0 aliphatic rings. The molecule has 0 aromatic carbocycles. The summed E-state index contributed by atoms with van der Waals surface area (Å²) in [6, 6.07) is 2.65. The first kappa shape index (κ1) is 13.8. The number of thiophene rings is 1. The van der Waals surface area contributed by atoms with Gasteiger partial charge in [-0.1, -0.05) is 11.6 Å². The average molecular weight is 329 g/mol. The first-order valence-corrected chi connectivity index (χ1v) is 8.17. The van der Waals surface area contributed by atoms with E-state index in [0.717, 1.165) is 15.4 Å². The van der Waals surface area contributed by atoms with Crippen LogP contribution in [0.25, 0.3) is 0 Å². The number of hydrogen-bond acceptors (Lipinski definition) is 3. The van der Waals surface area contributed by atoms with Crippen LogP contribution in [0.4, 0.5) is 0 Å². The topological polar surface area (TPSA) is 12.0 Å². The quantitative estimate of drug-likeness (QED) is 0.831. The van der Waals surface area contributed by atoms with Crippen molar-refractivity contribution in [3.63, 3.8) is 0 Å². The summed E-state index contributed by atoms with van der Waals surface area (Å²) < 4.78 is 1.84. The number of nitrogens with one attached hydrogen (secondary N) is 1. The highest BCUT2D eigenvalue weighted by Crippen LogP contribution is 2.31. The van der Waals surface area contributed by atoms with E-state index in [1.54, 1.807) is 11.3 Å². The summed E-state index contributed by atoms with van der Waals surface area (Å²) in [6.07, 6.45) is 3.35. The molecule has 15 heavy (non-hydrogen) atoms. The Bertz CT molecular complexity index is 284. The van der Waals surface area contributed by atoms with Crippen LogP contribution in [0.15, 0.2) is 10.5 Å². The third-order valence-corrected chi connectivity index (χ3v) is 5.19. The van der Waals surface area contributed by atoms with Crippen molar-refractivity contribution in [1.29, 1.82) is 0 Å². The second kappa shape index (κ2) is 7.17. The van der Waals surface area contributed by atoms with Crippen LogP contribution in [-0.4, -0.2) is 18.1 Å². The van der Waals surface area contributed by atoms with E-state index in [0.29, 0.717) is 6.04 Å². The first-order chi connectivity index (χ1) is 7.13. The van der Waals surface area contributed by atoms with Gasteiger partial charge < -0.3 is 5.32 Å². The molecule has 5 heteroatoms. The molecule has 1 rings (SSSR count). The minimum absolute atomic E-state index is 0.567. The van der Waals surface area contributed by atoms with Gasteiger partial charge in [-0.25, -0.2) is 0 Å². The minimum Gasteiger partial charge on any atom is -0.309 e. The molecule has 0 fully saturated rings. The monoisotopic (exact) mass is 327 g/mol. The standard InChI is InChI=1S/C10H15BrClNS2/c1-7(3-4-14-2)13-6-8-5-9(11)10(12)15-8/h5,7,13H,3-4,6H2,1-2H3. The largest absolute Gasteiger partial charge is 0.309 e. The maximum Gasteiger partial charge on any atom is 0.107 e. The van der Waals surface area contributed by atoms with Gasteiger partial charge in [0, 0.05) is 21.9 Å². The summed E-state index contributed by atoms with van der Waals surface area (Å²) in [7, 11) is 0. The fourth-order valence-corrected chi connectivity index (χ4v) is 3.48. The maximum atomic E-state index is 5.97. The second-order valence-corrected chi connectivity index (χ2v) is 6.98. The normalized spacial score (nSPS) is 13.1. The Balaban J connectivity index is 2.30. The lowest BCUT2D eigenvalue weighted by Crippen LogP contribution is -2.25. The van der Waals surface area contributed by atoms with Crippen LogP contribution in [-0.2, 0) is 6.54 Å². The third kappa shape index (κ3) is 5.09. The smallest absolute Gasteiger partial charge is 0.107 e. The number of rotatable bonds is 6. The summed E-state index contributed by atoms with van der Waals surface area (Å²) in [5.41, 5.74) is 0. The van der Waals surface area contributed by atoms with E-state index >= 15 is 0 Å². The van der Waals surface area contributed by atoms with Crippen molar-refractivity contribution in [2.24, 2.45) is 0 Å². The molecule has 86 valence electrons. The first-order valence-electron chi connectivity index (χ1n) is 4.79. The molecule has 0 spiro atoms.